The van der Waals surface area contributed by atoms with Crippen molar-refractivity contribution in [1.29, 1.82) is 5.26 Å². The lowest BCUT2D eigenvalue weighted by atomic mass is 9.81. The molecule has 0 saturated heterocycles. The first kappa shape index (κ1) is 15.6. The highest BCUT2D eigenvalue weighted by molar-refractivity contribution is 14.1. The van der Waals surface area contributed by atoms with Gasteiger partial charge in [0.2, 0.25) is 0 Å². The van der Waals surface area contributed by atoms with E-state index in [1.807, 2.05) is 6.07 Å². The van der Waals surface area contributed by atoms with E-state index in [1.54, 1.807) is 24.1 Å². The molecule has 1 aliphatic rings. The number of amides is 1. The van der Waals surface area contributed by atoms with E-state index in [9.17, 15) is 10.1 Å². The second-order valence-corrected chi connectivity index (χ2v) is 6.77. The normalized spacial score (nSPS) is 17.3. The number of halogens is 2. The van der Waals surface area contributed by atoms with Gasteiger partial charge in [-0.3, -0.25) is 4.79 Å². The monoisotopic (exact) mass is 402 g/mol. The van der Waals surface area contributed by atoms with Crippen molar-refractivity contribution in [2.75, 3.05) is 7.05 Å². The fourth-order valence-corrected chi connectivity index (χ4v) is 3.19. The first-order valence-corrected chi connectivity index (χ1v) is 8.10. The molecule has 0 spiro atoms. The molecule has 106 valence electrons. The van der Waals surface area contributed by atoms with E-state index >= 15 is 0 Å². The molecule has 0 aromatic heterocycles. The van der Waals surface area contributed by atoms with Gasteiger partial charge in [-0.25, -0.2) is 0 Å². The molecule has 3 nitrogen and oxygen atoms in total. The quantitative estimate of drug-likeness (QED) is 0.694. The molecule has 0 atom stereocenters. The van der Waals surface area contributed by atoms with Gasteiger partial charge in [-0.15, -0.1) is 0 Å². The highest BCUT2D eigenvalue weighted by atomic mass is 127. The molecule has 1 fully saturated rings. The molecule has 1 aromatic rings. The fourth-order valence-electron chi connectivity index (χ4n) is 2.68. The molecule has 0 N–H and O–H groups in total. The number of carbonyl (C=O) groups excluding carboxylic acids is 1. The van der Waals surface area contributed by atoms with Crippen LogP contribution in [0.25, 0.3) is 0 Å². The lowest BCUT2D eigenvalue weighted by Crippen LogP contribution is -2.49. The molecular weight excluding hydrogens is 387 g/mol. The smallest absolute Gasteiger partial charge is 0.254 e. The summed E-state index contributed by atoms with van der Waals surface area (Å²) in [5, 5.41) is 10.1. The molecule has 0 aliphatic heterocycles. The maximum atomic E-state index is 12.6. The van der Waals surface area contributed by atoms with Gasteiger partial charge in [0.05, 0.1) is 11.1 Å². The van der Waals surface area contributed by atoms with E-state index in [0.29, 0.717) is 10.6 Å². The summed E-state index contributed by atoms with van der Waals surface area (Å²) in [6, 6.07) is 7.63. The highest BCUT2D eigenvalue weighted by Gasteiger charge is 2.39. The molecule has 1 amide bonds. The summed E-state index contributed by atoms with van der Waals surface area (Å²) in [6.45, 7) is 0. The minimum atomic E-state index is -0.662. The van der Waals surface area contributed by atoms with Gasteiger partial charge in [-0.05, 0) is 53.6 Å². The molecule has 0 heterocycles. The lowest BCUT2D eigenvalue weighted by molar-refractivity contribution is 0.0589. The third kappa shape index (κ3) is 2.94. The average Bonchev–Trinajstić information content (AvgIpc) is 2.49. The van der Waals surface area contributed by atoms with E-state index in [1.165, 1.54) is 0 Å². The summed E-state index contributed by atoms with van der Waals surface area (Å²) < 4.78 is 0.913. The molecular formula is C15H16ClIN2O. The summed E-state index contributed by atoms with van der Waals surface area (Å²) in [6.07, 6.45) is 4.64. The number of nitriles is 1. The van der Waals surface area contributed by atoms with E-state index in [0.717, 1.165) is 35.7 Å². The van der Waals surface area contributed by atoms with Crippen molar-refractivity contribution in [3.05, 3.63) is 32.4 Å². The summed E-state index contributed by atoms with van der Waals surface area (Å²) in [4.78, 5) is 14.2. The molecule has 1 aromatic carbocycles. The molecule has 2 rings (SSSR count). The van der Waals surface area contributed by atoms with E-state index < -0.39 is 5.54 Å². The fraction of sp³-hybridized carbons (Fsp3) is 0.467. The SMILES string of the molecule is CN(C(=O)c1ccc(I)c(Cl)c1)C1(C#N)CCCCC1. The van der Waals surface area contributed by atoms with Crippen molar-refractivity contribution in [1.82, 2.24) is 4.90 Å². The Balaban J connectivity index is 2.27. The van der Waals surface area contributed by atoms with Crippen LogP contribution in [0, 0.1) is 14.9 Å². The van der Waals surface area contributed by atoms with Crippen LogP contribution >= 0.6 is 34.2 Å². The minimum absolute atomic E-state index is 0.133. The first-order valence-electron chi connectivity index (χ1n) is 6.65. The zero-order valence-electron chi connectivity index (χ0n) is 11.3. The maximum Gasteiger partial charge on any atom is 0.254 e. The van der Waals surface area contributed by atoms with Crippen LogP contribution in [0.5, 0.6) is 0 Å². The molecule has 5 heteroatoms. The number of hydrogen-bond donors (Lipinski definition) is 0. The second kappa shape index (κ2) is 6.31. The molecule has 1 saturated carbocycles. The Morgan fingerprint density at radius 2 is 2.05 bits per heavy atom. The largest absolute Gasteiger partial charge is 0.323 e. The number of hydrogen-bond acceptors (Lipinski definition) is 2. The highest BCUT2D eigenvalue weighted by Crippen LogP contribution is 2.33. The van der Waals surface area contributed by atoms with Crippen molar-refractivity contribution >= 4 is 40.1 Å². The van der Waals surface area contributed by atoms with Gasteiger partial charge in [0.15, 0.2) is 0 Å². The van der Waals surface area contributed by atoms with Crippen molar-refractivity contribution in [2.45, 2.75) is 37.6 Å². The molecule has 0 bridgehead atoms. The number of nitrogens with zero attached hydrogens (tertiary/aromatic N) is 2. The van der Waals surface area contributed by atoms with Gasteiger partial charge < -0.3 is 4.90 Å². The van der Waals surface area contributed by atoms with Gasteiger partial charge in [0.25, 0.3) is 5.91 Å². The Bertz CT molecular complexity index is 561. The summed E-state index contributed by atoms with van der Waals surface area (Å²) in [7, 11) is 1.72. The van der Waals surface area contributed by atoms with Crippen LogP contribution in [0.4, 0.5) is 0 Å². The summed E-state index contributed by atoms with van der Waals surface area (Å²) >= 11 is 8.20. The number of rotatable bonds is 2. The number of benzene rings is 1. The molecule has 0 unspecified atom stereocenters. The van der Waals surface area contributed by atoms with E-state index in [4.69, 9.17) is 11.6 Å². The van der Waals surface area contributed by atoms with E-state index in [-0.39, 0.29) is 5.91 Å². The topological polar surface area (TPSA) is 44.1 Å². The average molecular weight is 403 g/mol. The predicted molar refractivity (Wildman–Crippen MR) is 87.7 cm³/mol. The van der Waals surface area contributed by atoms with Crippen LogP contribution in [-0.4, -0.2) is 23.4 Å². The van der Waals surface area contributed by atoms with Crippen molar-refractivity contribution in [3.8, 4) is 6.07 Å². The van der Waals surface area contributed by atoms with Crippen LogP contribution in [-0.2, 0) is 0 Å². The Morgan fingerprint density at radius 3 is 2.60 bits per heavy atom. The number of carbonyl (C=O) groups is 1. The maximum absolute atomic E-state index is 12.6. The van der Waals surface area contributed by atoms with Gasteiger partial charge in [-0.1, -0.05) is 30.9 Å². The van der Waals surface area contributed by atoms with Crippen molar-refractivity contribution < 1.29 is 4.79 Å². The van der Waals surface area contributed by atoms with Crippen LogP contribution < -0.4 is 0 Å². The van der Waals surface area contributed by atoms with Crippen LogP contribution in [0.2, 0.25) is 5.02 Å². The van der Waals surface area contributed by atoms with Gasteiger partial charge in [0, 0.05) is 16.2 Å². The van der Waals surface area contributed by atoms with Gasteiger partial charge >= 0.3 is 0 Å². The molecule has 0 radical (unpaired) electrons. The Morgan fingerprint density at radius 1 is 1.40 bits per heavy atom. The second-order valence-electron chi connectivity index (χ2n) is 5.20. The Labute approximate surface area is 138 Å². The standard InChI is InChI=1S/C15H16ClIN2O/c1-19(15(10-18)7-3-2-4-8-15)14(20)11-5-6-13(17)12(16)9-11/h5-6,9H,2-4,7-8H2,1H3. The molecule has 20 heavy (non-hydrogen) atoms. The predicted octanol–water partition coefficient (Wildman–Crippen LogP) is 4.24. The zero-order chi connectivity index (χ0) is 14.8. The van der Waals surface area contributed by atoms with Crippen molar-refractivity contribution in [3.63, 3.8) is 0 Å². The van der Waals surface area contributed by atoms with Gasteiger partial charge in [-0.2, -0.15) is 5.26 Å². The third-order valence-corrected chi connectivity index (χ3v) is 5.57. The summed E-state index contributed by atoms with van der Waals surface area (Å²) in [5.74, 6) is -0.133. The van der Waals surface area contributed by atoms with E-state index in [2.05, 4.69) is 28.7 Å². The van der Waals surface area contributed by atoms with Gasteiger partial charge in [0.1, 0.15) is 5.54 Å². The minimum Gasteiger partial charge on any atom is -0.323 e. The zero-order valence-corrected chi connectivity index (χ0v) is 14.2. The molecule has 1 aliphatic carbocycles. The van der Waals surface area contributed by atoms with Crippen LogP contribution in [0.15, 0.2) is 18.2 Å². The first-order chi connectivity index (χ1) is 9.50. The Hall–Kier alpha value is -0.800. The van der Waals surface area contributed by atoms with Crippen molar-refractivity contribution in [2.24, 2.45) is 0 Å². The lowest BCUT2D eigenvalue weighted by Gasteiger charge is -2.39. The summed E-state index contributed by atoms with van der Waals surface area (Å²) in [5.41, 5.74) is -0.122. The van der Waals surface area contributed by atoms with Crippen LogP contribution in [0.3, 0.4) is 0 Å². The Kier molecular flexibility index (Phi) is 4.92. The van der Waals surface area contributed by atoms with Crippen LogP contribution in [0.1, 0.15) is 42.5 Å². The third-order valence-electron chi connectivity index (χ3n) is 4.00.